The molecule has 8 nitrogen and oxygen atoms in total. The molecule has 1 saturated heterocycles. The van der Waals surface area contributed by atoms with Crippen LogP contribution in [0, 0.1) is 12.8 Å². The van der Waals surface area contributed by atoms with Crippen LogP contribution in [0.25, 0.3) is 0 Å². The second-order valence-corrected chi connectivity index (χ2v) is 11.1. The Labute approximate surface area is 204 Å². The van der Waals surface area contributed by atoms with E-state index in [0.717, 1.165) is 17.7 Å². The molecule has 1 amide bonds. The molecule has 2 bridgehead atoms. The highest BCUT2D eigenvalue weighted by atomic mass is 32.2. The van der Waals surface area contributed by atoms with E-state index in [1.807, 2.05) is 13.0 Å². The number of ether oxygens (including phenoxy) is 1. The largest absolute Gasteiger partial charge is 0.497 e. The van der Waals surface area contributed by atoms with Crippen LogP contribution < -0.4 is 15.6 Å². The molecule has 182 valence electrons. The zero-order valence-electron chi connectivity index (χ0n) is 19.6. The van der Waals surface area contributed by atoms with Crippen LogP contribution in [0.1, 0.15) is 34.0 Å². The smallest absolute Gasteiger partial charge is 0.274 e. The summed E-state index contributed by atoms with van der Waals surface area (Å²) >= 11 is 0. The van der Waals surface area contributed by atoms with Crippen LogP contribution in [-0.2, 0) is 16.6 Å². The van der Waals surface area contributed by atoms with Gasteiger partial charge in [0.05, 0.1) is 12.0 Å². The fourth-order valence-electron chi connectivity index (χ4n) is 4.99. The van der Waals surface area contributed by atoms with Crippen molar-refractivity contribution in [3.8, 4) is 5.75 Å². The quantitative estimate of drug-likeness (QED) is 0.589. The van der Waals surface area contributed by atoms with Crippen LogP contribution in [0.2, 0.25) is 0 Å². The molecule has 3 aromatic rings. The van der Waals surface area contributed by atoms with E-state index in [4.69, 9.17) is 4.74 Å². The Kier molecular flexibility index (Phi) is 5.98. The molecule has 0 aliphatic carbocycles. The number of aryl methyl sites for hydroxylation is 1. The highest BCUT2D eigenvalue weighted by Gasteiger charge is 2.39. The minimum absolute atomic E-state index is 0.0201. The molecule has 9 heteroatoms. The molecule has 1 fully saturated rings. The molecule has 2 aliphatic heterocycles. The van der Waals surface area contributed by atoms with Crippen LogP contribution >= 0.6 is 0 Å². The Morgan fingerprint density at radius 1 is 0.971 bits per heavy atom. The van der Waals surface area contributed by atoms with E-state index in [1.165, 1.54) is 0 Å². The number of methoxy groups -OCH3 is 1. The predicted molar refractivity (Wildman–Crippen MR) is 132 cm³/mol. The van der Waals surface area contributed by atoms with Gasteiger partial charge in [0.25, 0.3) is 11.5 Å². The van der Waals surface area contributed by atoms with Gasteiger partial charge in [0, 0.05) is 36.8 Å². The van der Waals surface area contributed by atoms with Crippen LogP contribution in [0.5, 0.6) is 5.75 Å². The summed E-state index contributed by atoms with van der Waals surface area (Å²) in [6, 6.07) is 17.0. The SMILES string of the molecule is COc1ccc(C(=O)Nc2ccc3n(c2=O)C[C@H]2C[C@@H]3CN(S(=O)(=O)c3ccc(C)cc3)C2)cc1. The molecule has 0 saturated carbocycles. The van der Waals surface area contributed by atoms with Gasteiger partial charge < -0.3 is 14.6 Å². The van der Waals surface area contributed by atoms with Crippen LogP contribution in [0.15, 0.2) is 70.4 Å². The van der Waals surface area contributed by atoms with Crippen molar-refractivity contribution in [2.24, 2.45) is 5.92 Å². The number of rotatable bonds is 5. The van der Waals surface area contributed by atoms with Gasteiger partial charge in [0.2, 0.25) is 10.0 Å². The fourth-order valence-corrected chi connectivity index (χ4v) is 6.55. The number of aromatic nitrogens is 1. The summed E-state index contributed by atoms with van der Waals surface area (Å²) in [7, 11) is -2.06. The number of benzene rings is 2. The number of carbonyl (C=O) groups is 1. The van der Waals surface area contributed by atoms with E-state index in [9.17, 15) is 18.0 Å². The lowest BCUT2D eigenvalue weighted by Gasteiger charge is -2.42. The van der Waals surface area contributed by atoms with Crippen LogP contribution in [-0.4, -0.2) is 43.4 Å². The van der Waals surface area contributed by atoms with Gasteiger partial charge in [-0.3, -0.25) is 9.59 Å². The number of hydrogen-bond donors (Lipinski definition) is 1. The van der Waals surface area contributed by atoms with E-state index < -0.39 is 10.0 Å². The van der Waals surface area contributed by atoms with Gasteiger partial charge in [0.1, 0.15) is 11.4 Å². The highest BCUT2D eigenvalue weighted by molar-refractivity contribution is 7.89. The molecule has 2 atom stereocenters. The number of sulfonamides is 1. The van der Waals surface area contributed by atoms with E-state index in [-0.39, 0.29) is 33.9 Å². The van der Waals surface area contributed by atoms with Crippen molar-refractivity contribution < 1.29 is 17.9 Å². The van der Waals surface area contributed by atoms with Crippen LogP contribution in [0.4, 0.5) is 5.69 Å². The molecular weight excluding hydrogens is 466 g/mol. The molecule has 0 spiro atoms. The number of hydrogen-bond acceptors (Lipinski definition) is 5. The first-order valence-corrected chi connectivity index (χ1v) is 13.0. The number of pyridine rings is 1. The maximum Gasteiger partial charge on any atom is 0.274 e. The van der Waals surface area contributed by atoms with E-state index in [2.05, 4.69) is 5.32 Å². The molecule has 35 heavy (non-hydrogen) atoms. The fraction of sp³-hybridized carbons (Fsp3) is 0.308. The van der Waals surface area contributed by atoms with E-state index in [0.29, 0.717) is 30.9 Å². The second-order valence-electron chi connectivity index (χ2n) is 9.20. The number of nitrogens with one attached hydrogen (secondary N) is 1. The second kappa shape index (κ2) is 8.98. The van der Waals surface area contributed by atoms with Gasteiger partial charge in [-0.25, -0.2) is 8.42 Å². The number of amides is 1. The summed E-state index contributed by atoms with van der Waals surface area (Å²) in [4.78, 5) is 26.2. The molecule has 2 aromatic carbocycles. The molecular formula is C26H27N3O5S. The van der Waals surface area contributed by atoms with Gasteiger partial charge in [-0.1, -0.05) is 17.7 Å². The van der Waals surface area contributed by atoms with Crippen LogP contribution in [0.3, 0.4) is 0 Å². The Balaban J connectivity index is 1.38. The summed E-state index contributed by atoms with van der Waals surface area (Å²) in [6.45, 7) is 3.02. The molecule has 2 aliphatic rings. The first-order chi connectivity index (χ1) is 16.8. The molecule has 1 N–H and O–H groups in total. The standard InChI is InChI=1S/C26H27N3O5S/c1-17-3-9-22(10-4-17)35(32,33)28-14-18-13-20(16-28)24-12-11-23(26(31)29(24)15-18)27-25(30)19-5-7-21(34-2)8-6-19/h3-12,18,20H,13-16H2,1-2H3,(H,27,30)/t18-,20+/m0/s1. The minimum atomic E-state index is -3.61. The Morgan fingerprint density at radius 2 is 1.69 bits per heavy atom. The Hall–Kier alpha value is -3.43. The summed E-state index contributed by atoms with van der Waals surface area (Å²) in [5.41, 5.74) is 2.16. The number of fused-ring (bicyclic) bond motifs is 4. The van der Waals surface area contributed by atoms with Gasteiger partial charge in [-0.05, 0) is 67.8 Å². The van der Waals surface area contributed by atoms with E-state index >= 15 is 0 Å². The summed E-state index contributed by atoms with van der Waals surface area (Å²) in [5, 5.41) is 2.72. The molecule has 5 rings (SSSR count). The Morgan fingerprint density at radius 3 is 2.37 bits per heavy atom. The third-order valence-electron chi connectivity index (χ3n) is 6.83. The van der Waals surface area contributed by atoms with Crippen molar-refractivity contribution in [3.63, 3.8) is 0 Å². The highest BCUT2D eigenvalue weighted by Crippen LogP contribution is 2.37. The van der Waals surface area contributed by atoms with Crippen molar-refractivity contribution in [3.05, 3.63) is 87.8 Å². The van der Waals surface area contributed by atoms with Crippen molar-refractivity contribution in [2.45, 2.75) is 30.7 Å². The summed E-state index contributed by atoms with van der Waals surface area (Å²) in [5.74, 6) is 0.200. The average molecular weight is 494 g/mol. The number of piperidine rings is 1. The average Bonchev–Trinajstić information content (AvgIpc) is 2.86. The molecule has 1 aromatic heterocycles. The number of anilines is 1. The maximum absolute atomic E-state index is 13.3. The third-order valence-corrected chi connectivity index (χ3v) is 8.68. The van der Waals surface area contributed by atoms with Crippen molar-refractivity contribution in [1.82, 2.24) is 8.87 Å². The Bertz CT molecular complexity index is 1430. The van der Waals surface area contributed by atoms with Crippen molar-refractivity contribution in [1.29, 1.82) is 0 Å². The van der Waals surface area contributed by atoms with Gasteiger partial charge in [-0.15, -0.1) is 0 Å². The van der Waals surface area contributed by atoms with Gasteiger partial charge in [0.15, 0.2) is 0 Å². The number of nitrogens with zero attached hydrogens (tertiary/aromatic N) is 2. The third kappa shape index (κ3) is 4.37. The normalized spacial score (nSPS) is 19.6. The monoisotopic (exact) mass is 493 g/mol. The molecule has 0 unspecified atom stereocenters. The first-order valence-electron chi connectivity index (χ1n) is 11.5. The lowest BCUT2D eigenvalue weighted by molar-refractivity contribution is 0.102. The zero-order chi connectivity index (χ0) is 24.7. The lowest BCUT2D eigenvalue weighted by atomic mass is 9.84. The summed E-state index contributed by atoms with van der Waals surface area (Å²) < 4.78 is 34.9. The molecule has 3 heterocycles. The molecule has 0 radical (unpaired) electrons. The lowest BCUT2D eigenvalue weighted by Crippen LogP contribution is -2.49. The predicted octanol–water partition coefficient (Wildman–Crippen LogP) is 3.23. The van der Waals surface area contributed by atoms with E-state index in [1.54, 1.807) is 70.6 Å². The van der Waals surface area contributed by atoms with Gasteiger partial charge >= 0.3 is 0 Å². The van der Waals surface area contributed by atoms with Crippen molar-refractivity contribution >= 4 is 21.6 Å². The van der Waals surface area contributed by atoms with Crippen molar-refractivity contribution in [2.75, 3.05) is 25.5 Å². The zero-order valence-corrected chi connectivity index (χ0v) is 20.4. The maximum atomic E-state index is 13.3. The number of carbonyl (C=O) groups excluding carboxylic acids is 1. The first kappa shape index (κ1) is 23.3. The topological polar surface area (TPSA) is 97.7 Å². The minimum Gasteiger partial charge on any atom is -0.497 e. The summed E-state index contributed by atoms with van der Waals surface area (Å²) in [6.07, 6.45) is 0.830. The van der Waals surface area contributed by atoms with Gasteiger partial charge in [-0.2, -0.15) is 4.31 Å².